The van der Waals surface area contributed by atoms with Gasteiger partial charge in [0, 0.05) is 0 Å². The molecule has 0 atom stereocenters. The van der Waals surface area contributed by atoms with Crippen LogP contribution in [0, 0.1) is 6.92 Å². The molecule has 0 aliphatic rings. The summed E-state index contributed by atoms with van der Waals surface area (Å²) in [6.45, 7) is 1.49. The van der Waals surface area contributed by atoms with Gasteiger partial charge >= 0.3 is 0 Å². The highest BCUT2D eigenvalue weighted by molar-refractivity contribution is 5.36. The van der Waals surface area contributed by atoms with E-state index in [0.717, 1.165) is 0 Å². The van der Waals surface area contributed by atoms with Crippen LogP contribution in [-0.2, 0) is 0 Å². The number of hydrogen-bond donors (Lipinski definition) is 3. The quantitative estimate of drug-likeness (QED) is 0.464. The fraction of sp³-hybridized carbons (Fsp3) is 0.200. The Morgan fingerprint density at radius 2 is 1.60 bits per heavy atom. The van der Waals surface area contributed by atoms with Gasteiger partial charge in [-0.2, -0.15) is 9.97 Å². The Bertz CT molecular complexity index is 238. The van der Waals surface area contributed by atoms with E-state index in [1.54, 1.807) is 0 Å². The third-order valence-electron chi connectivity index (χ3n) is 1.11. The number of hydrogen-bond acceptors (Lipinski definition) is 5. The van der Waals surface area contributed by atoms with Gasteiger partial charge in [0.25, 0.3) is 0 Å². The van der Waals surface area contributed by atoms with Crippen molar-refractivity contribution in [1.29, 1.82) is 0 Å². The Balaban J connectivity index is 3.31. The summed E-state index contributed by atoms with van der Waals surface area (Å²) in [5.74, 6) is -0.712. The Kier molecular flexibility index (Phi) is 1.33. The molecule has 0 bridgehead atoms. The molecular weight excluding hydrogens is 134 g/mol. The third-order valence-corrected chi connectivity index (χ3v) is 1.11. The first-order valence-electron chi connectivity index (χ1n) is 2.63. The zero-order valence-electron chi connectivity index (χ0n) is 5.37. The molecule has 1 aromatic heterocycles. The zero-order valence-corrected chi connectivity index (χ0v) is 5.37. The largest absolute Gasteiger partial charge is 0.493 e. The minimum absolute atomic E-state index is 0.138. The molecule has 0 fully saturated rings. The SMILES string of the molecule is Cc1c(O)nc(N)nc1O. The van der Waals surface area contributed by atoms with Crippen molar-refractivity contribution in [3.05, 3.63) is 5.56 Å². The highest BCUT2D eigenvalue weighted by atomic mass is 16.3. The summed E-state index contributed by atoms with van der Waals surface area (Å²) in [6, 6.07) is 0. The number of rotatable bonds is 0. The maximum atomic E-state index is 8.89. The lowest BCUT2D eigenvalue weighted by Crippen LogP contribution is -1.95. The van der Waals surface area contributed by atoms with Crippen molar-refractivity contribution >= 4 is 5.95 Å². The minimum Gasteiger partial charge on any atom is -0.493 e. The van der Waals surface area contributed by atoms with E-state index in [4.69, 9.17) is 15.9 Å². The summed E-state index contributed by atoms with van der Waals surface area (Å²) in [6.07, 6.45) is 0. The summed E-state index contributed by atoms with van der Waals surface area (Å²) in [5.41, 5.74) is 5.32. The fourth-order valence-electron chi connectivity index (χ4n) is 0.510. The van der Waals surface area contributed by atoms with Crippen LogP contribution >= 0.6 is 0 Å². The molecule has 10 heavy (non-hydrogen) atoms. The lowest BCUT2D eigenvalue weighted by Gasteiger charge is -1.99. The molecule has 0 aliphatic heterocycles. The Morgan fingerprint density at radius 3 is 2.00 bits per heavy atom. The number of nitrogen functional groups attached to an aromatic ring is 1. The van der Waals surface area contributed by atoms with Gasteiger partial charge in [-0.15, -0.1) is 0 Å². The smallest absolute Gasteiger partial charge is 0.226 e. The standard InChI is InChI=1S/C5H7N3O2/c1-2-3(9)7-5(6)8-4(2)10/h1H3,(H4,6,7,8,9,10). The van der Waals surface area contributed by atoms with E-state index in [1.807, 2.05) is 0 Å². The number of nitrogens with zero attached hydrogens (tertiary/aromatic N) is 2. The predicted octanol–water partition coefficient (Wildman–Crippen LogP) is -0.222. The second-order valence-corrected chi connectivity index (χ2v) is 1.85. The summed E-state index contributed by atoms with van der Waals surface area (Å²) in [4.78, 5) is 6.79. The molecule has 0 aromatic carbocycles. The molecule has 5 heteroatoms. The van der Waals surface area contributed by atoms with Gasteiger partial charge in [-0.05, 0) is 6.92 Å². The number of aromatic hydroxyl groups is 2. The molecule has 0 saturated heterocycles. The molecule has 0 saturated carbocycles. The van der Waals surface area contributed by atoms with Crippen molar-refractivity contribution in [1.82, 2.24) is 9.97 Å². The Hall–Kier alpha value is -1.52. The van der Waals surface area contributed by atoms with Crippen LogP contribution in [0.4, 0.5) is 5.95 Å². The Labute approximate surface area is 57.2 Å². The van der Waals surface area contributed by atoms with Crippen LogP contribution in [0.3, 0.4) is 0 Å². The summed E-state index contributed by atoms with van der Waals surface area (Å²) < 4.78 is 0. The van der Waals surface area contributed by atoms with Crippen molar-refractivity contribution in [3.8, 4) is 11.8 Å². The van der Waals surface area contributed by atoms with Gasteiger partial charge in [-0.1, -0.05) is 0 Å². The van der Waals surface area contributed by atoms with Crippen molar-refractivity contribution in [2.45, 2.75) is 6.92 Å². The fourth-order valence-corrected chi connectivity index (χ4v) is 0.510. The zero-order chi connectivity index (χ0) is 7.72. The summed E-state index contributed by atoms with van der Waals surface area (Å²) in [7, 11) is 0. The average Bonchev–Trinajstić information content (AvgIpc) is 1.82. The van der Waals surface area contributed by atoms with Crippen LogP contribution in [-0.4, -0.2) is 20.2 Å². The van der Waals surface area contributed by atoms with Crippen LogP contribution in [0.2, 0.25) is 0 Å². The van der Waals surface area contributed by atoms with E-state index >= 15 is 0 Å². The van der Waals surface area contributed by atoms with Crippen molar-refractivity contribution in [2.24, 2.45) is 0 Å². The molecule has 1 aromatic rings. The first-order chi connectivity index (χ1) is 4.61. The summed E-state index contributed by atoms with van der Waals surface area (Å²) >= 11 is 0. The van der Waals surface area contributed by atoms with E-state index in [0.29, 0.717) is 0 Å². The predicted molar refractivity (Wildman–Crippen MR) is 34.5 cm³/mol. The molecule has 4 N–H and O–H groups in total. The molecule has 0 spiro atoms. The van der Waals surface area contributed by atoms with Gasteiger partial charge < -0.3 is 15.9 Å². The van der Waals surface area contributed by atoms with Gasteiger partial charge in [0.15, 0.2) is 0 Å². The van der Waals surface area contributed by atoms with Gasteiger partial charge in [0.1, 0.15) is 0 Å². The highest BCUT2D eigenvalue weighted by Crippen LogP contribution is 2.21. The molecular formula is C5H7N3O2. The van der Waals surface area contributed by atoms with Crippen molar-refractivity contribution < 1.29 is 10.2 Å². The van der Waals surface area contributed by atoms with E-state index in [1.165, 1.54) is 6.92 Å². The van der Waals surface area contributed by atoms with Gasteiger partial charge in [0.2, 0.25) is 17.7 Å². The minimum atomic E-state index is -0.287. The second kappa shape index (κ2) is 2.02. The normalized spacial score (nSPS) is 9.70. The number of nitrogens with two attached hydrogens (primary N) is 1. The van der Waals surface area contributed by atoms with Crippen LogP contribution < -0.4 is 5.73 Å². The van der Waals surface area contributed by atoms with E-state index in [9.17, 15) is 0 Å². The topological polar surface area (TPSA) is 92.3 Å². The third kappa shape index (κ3) is 0.928. The van der Waals surface area contributed by atoms with Crippen LogP contribution in [0.25, 0.3) is 0 Å². The maximum Gasteiger partial charge on any atom is 0.226 e. The first kappa shape index (κ1) is 6.60. The molecule has 54 valence electrons. The lowest BCUT2D eigenvalue weighted by atomic mass is 10.3. The van der Waals surface area contributed by atoms with Crippen molar-refractivity contribution in [2.75, 3.05) is 5.73 Å². The molecule has 0 unspecified atom stereocenters. The Morgan fingerprint density at radius 1 is 1.20 bits per heavy atom. The van der Waals surface area contributed by atoms with Gasteiger partial charge in [0.05, 0.1) is 5.56 Å². The molecule has 0 aliphatic carbocycles. The van der Waals surface area contributed by atoms with E-state index < -0.39 is 0 Å². The van der Waals surface area contributed by atoms with Crippen LogP contribution in [0.15, 0.2) is 0 Å². The number of aromatic nitrogens is 2. The molecule has 5 nitrogen and oxygen atoms in total. The molecule has 0 radical (unpaired) electrons. The second-order valence-electron chi connectivity index (χ2n) is 1.85. The maximum absolute atomic E-state index is 8.89. The van der Waals surface area contributed by atoms with Crippen molar-refractivity contribution in [3.63, 3.8) is 0 Å². The molecule has 0 amide bonds. The molecule has 1 heterocycles. The highest BCUT2D eigenvalue weighted by Gasteiger charge is 2.05. The average molecular weight is 141 g/mol. The first-order valence-corrected chi connectivity index (χ1v) is 2.63. The van der Waals surface area contributed by atoms with E-state index in [2.05, 4.69) is 9.97 Å². The monoisotopic (exact) mass is 141 g/mol. The number of anilines is 1. The van der Waals surface area contributed by atoms with E-state index in [-0.39, 0.29) is 23.3 Å². The summed E-state index contributed by atoms with van der Waals surface area (Å²) in [5, 5.41) is 17.8. The van der Waals surface area contributed by atoms with Crippen LogP contribution in [0.1, 0.15) is 5.56 Å². The molecule has 1 rings (SSSR count). The van der Waals surface area contributed by atoms with Gasteiger partial charge in [-0.25, -0.2) is 0 Å². The van der Waals surface area contributed by atoms with Gasteiger partial charge in [-0.3, -0.25) is 0 Å². The van der Waals surface area contributed by atoms with Crippen LogP contribution in [0.5, 0.6) is 11.8 Å². The lowest BCUT2D eigenvalue weighted by molar-refractivity contribution is 0.416.